The Balaban J connectivity index is 2.88. The van der Waals surface area contributed by atoms with Gasteiger partial charge in [0, 0.05) is 0 Å². The van der Waals surface area contributed by atoms with Crippen molar-refractivity contribution in [3.05, 3.63) is 50.6 Å². The normalized spacial score (nSPS) is 11.2. The van der Waals surface area contributed by atoms with Crippen LogP contribution in [-0.2, 0) is 6.42 Å². The summed E-state index contributed by atoms with van der Waals surface area (Å²) < 4.78 is 6.47. The van der Waals surface area contributed by atoms with Gasteiger partial charge in [-0.25, -0.2) is 0 Å². The Morgan fingerprint density at radius 1 is 1.18 bits per heavy atom. The summed E-state index contributed by atoms with van der Waals surface area (Å²) in [6.07, 6.45) is 3.23. The molecule has 0 aliphatic carbocycles. The number of ether oxygens (including phenoxy) is 1. The van der Waals surface area contributed by atoms with E-state index in [1.54, 1.807) is 7.11 Å². The number of hydrogen-bond donors (Lipinski definition) is 0. The molecule has 0 amide bonds. The summed E-state index contributed by atoms with van der Waals surface area (Å²) in [4.78, 5) is 0. The van der Waals surface area contributed by atoms with Crippen LogP contribution in [0.25, 0.3) is 0 Å². The summed E-state index contributed by atoms with van der Waals surface area (Å²) in [6.45, 7) is 6.45. The number of methoxy groups -OCH3 is 1. The molecule has 1 rings (SSSR count). The lowest BCUT2D eigenvalue weighted by Gasteiger charge is -2.07. The molecule has 1 nitrogen and oxygen atoms in total. The molecule has 0 saturated carbocycles. The van der Waals surface area contributed by atoms with E-state index in [0.29, 0.717) is 0 Å². The molecule has 0 fully saturated rings. The van der Waals surface area contributed by atoms with Crippen molar-refractivity contribution in [2.24, 2.45) is 0 Å². The summed E-state index contributed by atoms with van der Waals surface area (Å²) in [6, 6.07) is 8.27. The van der Waals surface area contributed by atoms with E-state index in [-0.39, 0.29) is 0 Å². The molecular weight excluding hydrogens is 323 g/mol. The van der Waals surface area contributed by atoms with Crippen molar-refractivity contribution in [1.29, 1.82) is 0 Å². The summed E-state index contributed by atoms with van der Waals surface area (Å²) >= 11 is 2.35. The molecule has 0 radical (unpaired) electrons. The van der Waals surface area contributed by atoms with Gasteiger partial charge < -0.3 is 4.74 Å². The number of rotatable bonds is 4. The lowest BCUT2D eigenvalue weighted by molar-refractivity contribution is 0.414. The molecule has 1 aromatic rings. The third-order valence-electron chi connectivity index (χ3n) is 2.57. The number of halogens is 1. The second-order valence-corrected chi connectivity index (χ2v) is 5.98. The van der Waals surface area contributed by atoms with Crippen LogP contribution in [0, 0.1) is 0 Å². The Kier molecular flexibility index (Phi) is 5.75. The van der Waals surface area contributed by atoms with Crippen molar-refractivity contribution in [2.75, 3.05) is 7.11 Å². The zero-order chi connectivity index (χ0) is 12.8. The maximum atomic E-state index is 5.16. The molecule has 0 bridgehead atoms. The second kappa shape index (κ2) is 6.84. The first-order valence-electron chi connectivity index (χ1n) is 5.66. The standard InChI is InChI=1S/C15H19IO/c1-11(2)14(9-12(3)16)10-13-5-7-15(17-4)8-6-13/h5-9H,10H2,1-4H3/b12-9+. The average Bonchev–Trinajstić information content (AvgIpc) is 2.28. The quantitative estimate of drug-likeness (QED) is 0.558. The first kappa shape index (κ1) is 14.3. The molecular formula is C15H19IO. The van der Waals surface area contributed by atoms with E-state index in [1.165, 1.54) is 20.3 Å². The van der Waals surface area contributed by atoms with Crippen molar-refractivity contribution >= 4 is 22.6 Å². The Labute approximate surface area is 118 Å². The third-order valence-corrected chi connectivity index (χ3v) is 2.88. The summed E-state index contributed by atoms with van der Waals surface area (Å²) in [5, 5.41) is 0. The van der Waals surface area contributed by atoms with Gasteiger partial charge in [-0.05, 0) is 82.7 Å². The van der Waals surface area contributed by atoms with Gasteiger partial charge in [0.1, 0.15) is 5.75 Å². The predicted molar refractivity (Wildman–Crippen MR) is 82.8 cm³/mol. The van der Waals surface area contributed by atoms with Crippen molar-refractivity contribution in [1.82, 2.24) is 0 Å². The van der Waals surface area contributed by atoms with E-state index >= 15 is 0 Å². The molecule has 0 saturated heterocycles. The van der Waals surface area contributed by atoms with E-state index in [2.05, 4.69) is 61.6 Å². The third kappa shape index (κ3) is 4.94. The molecule has 0 N–H and O–H groups in total. The lowest BCUT2D eigenvalue weighted by Crippen LogP contribution is -1.91. The molecule has 0 aromatic heterocycles. The van der Waals surface area contributed by atoms with E-state index in [4.69, 9.17) is 4.74 Å². The number of allylic oxidation sites excluding steroid dienone is 4. The maximum Gasteiger partial charge on any atom is 0.118 e. The van der Waals surface area contributed by atoms with Crippen LogP contribution < -0.4 is 4.74 Å². The second-order valence-electron chi connectivity index (χ2n) is 4.28. The smallest absolute Gasteiger partial charge is 0.118 e. The van der Waals surface area contributed by atoms with Crippen LogP contribution in [0.3, 0.4) is 0 Å². The van der Waals surface area contributed by atoms with Crippen LogP contribution in [0.1, 0.15) is 26.3 Å². The highest BCUT2D eigenvalue weighted by Gasteiger charge is 2.00. The predicted octanol–water partition coefficient (Wildman–Crippen LogP) is 4.91. The highest BCUT2D eigenvalue weighted by Crippen LogP contribution is 2.19. The molecule has 0 aliphatic rings. The van der Waals surface area contributed by atoms with Gasteiger partial charge in [-0.2, -0.15) is 0 Å². The van der Waals surface area contributed by atoms with E-state index < -0.39 is 0 Å². The molecule has 2 heteroatoms. The molecule has 0 atom stereocenters. The van der Waals surface area contributed by atoms with Gasteiger partial charge in [0.2, 0.25) is 0 Å². The van der Waals surface area contributed by atoms with Crippen molar-refractivity contribution in [2.45, 2.75) is 27.2 Å². The van der Waals surface area contributed by atoms with Crippen molar-refractivity contribution in [3.8, 4) is 5.75 Å². The average molecular weight is 342 g/mol. The number of hydrogen-bond acceptors (Lipinski definition) is 1. The zero-order valence-corrected chi connectivity index (χ0v) is 13.0. The molecule has 17 heavy (non-hydrogen) atoms. The van der Waals surface area contributed by atoms with Crippen LogP contribution >= 0.6 is 22.6 Å². The first-order valence-corrected chi connectivity index (χ1v) is 6.74. The van der Waals surface area contributed by atoms with Gasteiger partial charge in [0.05, 0.1) is 7.11 Å². The van der Waals surface area contributed by atoms with Gasteiger partial charge in [-0.1, -0.05) is 17.7 Å². The summed E-state index contributed by atoms with van der Waals surface area (Å²) in [5.41, 5.74) is 4.08. The van der Waals surface area contributed by atoms with Gasteiger partial charge in [-0.3, -0.25) is 0 Å². The molecule has 92 valence electrons. The van der Waals surface area contributed by atoms with Crippen molar-refractivity contribution in [3.63, 3.8) is 0 Å². The fourth-order valence-corrected chi connectivity index (χ4v) is 1.95. The molecule has 0 unspecified atom stereocenters. The van der Waals surface area contributed by atoms with E-state index in [1.807, 2.05) is 12.1 Å². The van der Waals surface area contributed by atoms with Gasteiger partial charge in [0.25, 0.3) is 0 Å². The molecule has 1 aromatic carbocycles. The summed E-state index contributed by atoms with van der Waals surface area (Å²) in [5.74, 6) is 0.910. The Hall–Kier alpha value is -0.770. The zero-order valence-electron chi connectivity index (χ0n) is 10.9. The largest absolute Gasteiger partial charge is 0.497 e. The topological polar surface area (TPSA) is 9.23 Å². The Morgan fingerprint density at radius 2 is 1.76 bits per heavy atom. The lowest BCUT2D eigenvalue weighted by atomic mass is 10.0. The minimum absolute atomic E-state index is 0.910. The highest BCUT2D eigenvalue weighted by molar-refractivity contribution is 14.1. The minimum atomic E-state index is 0.910. The number of benzene rings is 1. The molecule has 0 heterocycles. The molecule has 0 aliphatic heterocycles. The molecule has 0 spiro atoms. The van der Waals surface area contributed by atoms with Gasteiger partial charge in [-0.15, -0.1) is 0 Å². The van der Waals surface area contributed by atoms with E-state index in [0.717, 1.165) is 12.2 Å². The fraction of sp³-hybridized carbons (Fsp3) is 0.333. The first-order chi connectivity index (χ1) is 8.02. The van der Waals surface area contributed by atoms with Gasteiger partial charge >= 0.3 is 0 Å². The Bertz CT molecular complexity index is 419. The van der Waals surface area contributed by atoms with Crippen LogP contribution in [0.4, 0.5) is 0 Å². The monoisotopic (exact) mass is 342 g/mol. The van der Waals surface area contributed by atoms with Crippen LogP contribution in [-0.4, -0.2) is 7.11 Å². The summed E-state index contributed by atoms with van der Waals surface area (Å²) in [7, 11) is 1.69. The van der Waals surface area contributed by atoms with E-state index in [9.17, 15) is 0 Å². The fourth-order valence-electron chi connectivity index (χ4n) is 1.58. The van der Waals surface area contributed by atoms with Crippen LogP contribution in [0.2, 0.25) is 0 Å². The van der Waals surface area contributed by atoms with Gasteiger partial charge in [0.15, 0.2) is 0 Å². The Morgan fingerprint density at radius 3 is 2.18 bits per heavy atom. The van der Waals surface area contributed by atoms with Crippen LogP contribution in [0.5, 0.6) is 5.75 Å². The highest BCUT2D eigenvalue weighted by atomic mass is 127. The minimum Gasteiger partial charge on any atom is -0.497 e. The maximum absolute atomic E-state index is 5.16. The van der Waals surface area contributed by atoms with Crippen LogP contribution in [0.15, 0.2) is 45.1 Å². The van der Waals surface area contributed by atoms with Crippen molar-refractivity contribution < 1.29 is 4.74 Å². The SMILES string of the molecule is COc1ccc(CC(/C=C(\C)I)=C(C)C)cc1.